The number of hydrogen-bond acceptors (Lipinski definition) is 4. The summed E-state index contributed by atoms with van der Waals surface area (Å²) in [7, 11) is -2.25. The van der Waals surface area contributed by atoms with Crippen molar-refractivity contribution in [1.82, 2.24) is 9.80 Å². The van der Waals surface area contributed by atoms with Crippen molar-refractivity contribution in [2.24, 2.45) is 0 Å². The normalized spacial score (nSPS) is 11.1. The minimum atomic E-state index is -3.80. The Hall–Kier alpha value is -2.87. The van der Waals surface area contributed by atoms with Gasteiger partial charge in [0.25, 0.3) is 15.9 Å². The number of amides is 2. The molecule has 0 aliphatic rings. The third-order valence-electron chi connectivity index (χ3n) is 4.83. The predicted molar refractivity (Wildman–Crippen MR) is 118 cm³/mol. The number of carbonyl (C=O) groups excluding carboxylic acids is 2. The summed E-state index contributed by atoms with van der Waals surface area (Å²) < 4.78 is 28.2. The van der Waals surface area contributed by atoms with Crippen LogP contribution in [0.15, 0.2) is 47.4 Å². The van der Waals surface area contributed by atoms with Gasteiger partial charge in [-0.15, -0.1) is 0 Å². The molecule has 162 valence electrons. The van der Waals surface area contributed by atoms with E-state index in [1.54, 1.807) is 49.2 Å². The summed E-state index contributed by atoms with van der Waals surface area (Å²) in [5, 5.41) is 0. The van der Waals surface area contributed by atoms with Gasteiger partial charge in [0.05, 0.1) is 11.4 Å². The van der Waals surface area contributed by atoms with Crippen LogP contribution in [-0.2, 0) is 14.8 Å². The van der Waals surface area contributed by atoms with Crippen LogP contribution >= 0.6 is 0 Å². The van der Waals surface area contributed by atoms with Crippen molar-refractivity contribution in [2.45, 2.75) is 32.6 Å². The van der Waals surface area contributed by atoms with Gasteiger partial charge in [-0.1, -0.05) is 18.2 Å². The molecule has 2 rings (SSSR count). The van der Waals surface area contributed by atoms with E-state index in [-0.39, 0.29) is 28.9 Å². The van der Waals surface area contributed by atoms with Crippen molar-refractivity contribution in [2.75, 3.05) is 31.4 Å². The van der Waals surface area contributed by atoms with Crippen LogP contribution in [0.4, 0.5) is 5.69 Å². The number of nitrogens with zero attached hydrogens (tertiary/aromatic N) is 2. The number of benzene rings is 2. The molecule has 0 unspecified atom stereocenters. The van der Waals surface area contributed by atoms with Crippen molar-refractivity contribution < 1.29 is 18.0 Å². The summed E-state index contributed by atoms with van der Waals surface area (Å²) in [4.78, 5) is 28.2. The van der Waals surface area contributed by atoms with Gasteiger partial charge in [-0.2, -0.15) is 0 Å². The second kappa shape index (κ2) is 9.75. The van der Waals surface area contributed by atoms with Crippen LogP contribution in [0.2, 0.25) is 0 Å². The van der Waals surface area contributed by atoms with Crippen LogP contribution in [-0.4, -0.2) is 56.7 Å². The molecule has 0 aromatic heterocycles. The van der Waals surface area contributed by atoms with Crippen LogP contribution < -0.4 is 4.72 Å². The lowest BCUT2D eigenvalue weighted by Crippen LogP contribution is -2.41. The van der Waals surface area contributed by atoms with Gasteiger partial charge in [0.2, 0.25) is 5.91 Å². The molecule has 0 saturated carbocycles. The maximum absolute atomic E-state index is 12.8. The molecule has 0 heterocycles. The van der Waals surface area contributed by atoms with Crippen LogP contribution in [0.3, 0.4) is 0 Å². The Morgan fingerprint density at radius 1 is 1.00 bits per heavy atom. The Bertz CT molecular complexity index is 1030. The van der Waals surface area contributed by atoms with Crippen molar-refractivity contribution >= 4 is 27.5 Å². The summed E-state index contributed by atoms with van der Waals surface area (Å²) in [6, 6.07) is 11.5. The molecule has 2 amide bonds. The zero-order chi connectivity index (χ0) is 22.5. The Balaban J connectivity index is 2.20. The number of aryl methyl sites for hydroxylation is 2. The molecular weight excluding hydrogens is 402 g/mol. The molecule has 1 N–H and O–H groups in total. The molecule has 2 aromatic rings. The van der Waals surface area contributed by atoms with E-state index in [1.165, 1.54) is 11.0 Å². The maximum atomic E-state index is 12.8. The molecule has 8 heteroatoms. The Labute approximate surface area is 178 Å². The van der Waals surface area contributed by atoms with Gasteiger partial charge in [-0.05, 0) is 63.1 Å². The predicted octanol–water partition coefficient (Wildman–Crippen LogP) is 3.04. The van der Waals surface area contributed by atoms with Crippen LogP contribution in [0, 0.1) is 13.8 Å². The van der Waals surface area contributed by atoms with E-state index in [9.17, 15) is 18.0 Å². The van der Waals surface area contributed by atoms with E-state index < -0.39 is 10.0 Å². The second-order valence-electron chi connectivity index (χ2n) is 7.18. The molecule has 0 atom stereocenters. The average molecular weight is 432 g/mol. The quantitative estimate of drug-likeness (QED) is 0.696. The molecule has 0 radical (unpaired) electrons. The minimum Gasteiger partial charge on any atom is -0.342 e. The Kier molecular flexibility index (Phi) is 7.61. The summed E-state index contributed by atoms with van der Waals surface area (Å²) in [5.41, 5.74) is 2.05. The molecule has 0 saturated heterocycles. The number of sulfonamides is 1. The highest BCUT2D eigenvalue weighted by molar-refractivity contribution is 7.92. The van der Waals surface area contributed by atoms with Crippen LogP contribution in [0.1, 0.15) is 35.3 Å². The first-order chi connectivity index (χ1) is 14.1. The number of carbonyl (C=O) groups is 2. The standard InChI is InChI=1S/C22H29N3O4S/c1-6-25(7-2)21(26)15-24(5)22(27)18-9-8-10-19(14-18)23-30(28,29)20-13-16(3)11-12-17(20)4/h8-14,23H,6-7,15H2,1-5H3. The zero-order valence-corrected chi connectivity index (χ0v) is 18.9. The third kappa shape index (κ3) is 5.60. The van der Waals surface area contributed by atoms with Crippen LogP contribution in [0.25, 0.3) is 0 Å². The van der Waals surface area contributed by atoms with E-state index >= 15 is 0 Å². The lowest BCUT2D eigenvalue weighted by Gasteiger charge is -2.23. The first kappa shape index (κ1) is 23.4. The average Bonchev–Trinajstić information content (AvgIpc) is 2.69. The minimum absolute atomic E-state index is 0.0427. The van der Waals surface area contributed by atoms with E-state index in [2.05, 4.69) is 4.72 Å². The summed E-state index contributed by atoms with van der Waals surface area (Å²) in [6.07, 6.45) is 0. The highest BCUT2D eigenvalue weighted by atomic mass is 32.2. The largest absolute Gasteiger partial charge is 0.342 e. The molecule has 30 heavy (non-hydrogen) atoms. The molecule has 0 aliphatic carbocycles. The van der Waals surface area contributed by atoms with Gasteiger partial charge in [0.1, 0.15) is 0 Å². The van der Waals surface area contributed by atoms with Gasteiger partial charge in [-0.3, -0.25) is 14.3 Å². The number of anilines is 1. The van der Waals surface area contributed by atoms with Crippen LogP contribution in [0.5, 0.6) is 0 Å². The van der Waals surface area contributed by atoms with E-state index in [1.807, 2.05) is 26.8 Å². The van der Waals surface area contributed by atoms with Gasteiger partial charge in [0, 0.05) is 31.4 Å². The number of rotatable bonds is 8. The van der Waals surface area contributed by atoms with E-state index in [0.29, 0.717) is 24.2 Å². The first-order valence-corrected chi connectivity index (χ1v) is 11.3. The third-order valence-corrected chi connectivity index (χ3v) is 6.35. The molecule has 0 bridgehead atoms. The number of nitrogens with one attached hydrogen (secondary N) is 1. The molecule has 0 fully saturated rings. The smallest absolute Gasteiger partial charge is 0.262 e. The lowest BCUT2D eigenvalue weighted by atomic mass is 10.2. The summed E-state index contributed by atoms with van der Waals surface area (Å²) in [6.45, 7) is 8.44. The zero-order valence-electron chi connectivity index (χ0n) is 18.1. The summed E-state index contributed by atoms with van der Waals surface area (Å²) >= 11 is 0. The maximum Gasteiger partial charge on any atom is 0.262 e. The van der Waals surface area contributed by atoms with Gasteiger partial charge in [0.15, 0.2) is 0 Å². The molecule has 0 aliphatic heterocycles. The van der Waals surface area contributed by atoms with Gasteiger partial charge < -0.3 is 9.80 Å². The molecular formula is C22H29N3O4S. The van der Waals surface area contributed by atoms with E-state index in [4.69, 9.17) is 0 Å². The lowest BCUT2D eigenvalue weighted by molar-refractivity contribution is -0.131. The molecule has 7 nitrogen and oxygen atoms in total. The molecule has 0 spiro atoms. The highest BCUT2D eigenvalue weighted by Crippen LogP contribution is 2.21. The Morgan fingerprint density at radius 2 is 1.67 bits per heavy atom. The SMILES string of the molecule is CCN(CC)C(=O)CN(C)C(=O)c1cccc(NS(=O)(=O)c2cc(C)ccc2C)c1. The topological polar surface area (TPSA) is 86.8 Å². The van der Waals surface area contributed by atoms with Crippen molar-refractivity contribution in [3.8, 4) is 0 Å². The van der Waals surface area contributed by atoms with Crippen molar-refractivity contribution in [1.29, 1.82) is 0 Å². The fourth-order valence-corrected chi connectivity index (χ4v) is 4.47. The van der Waals surface area contributed by atoms with E-state index in [0.717, 1.165) is 5.56 Å². The first-order valence-electron chi connectivity index (χ1n) is 9.82. The highest BCUT2D eigenvalue weighted by Gasteiger charge is 2.20. The Morgan fingerprint density at radius 3 is 2.30 bits per heavy atom. The van der Waals surface area contributed by atoms with Gasteiger partial charge in [-0.25, -0.2) is 8.42 Å². The monoisotopic (exact) mass is 431 g/mol. The molecule has 2 aromatic carbocycles. The number of likely N-dealkylation sites (N-methyl/N-ethyl adjacent to an activating group) is 2. The summed E-state index contributed by atoms with van der Waals surface area (Å²) in [5.74, 6) is -0.495. The second-order valence-corrected chi connectivity index (χ2v) is 8.83. The van der Waals surface area contributed by atoms with Crippen molar-refractivity contribution in [3.05, 3.63) is 59.2 Å². The van der Waals surface area contributed by atoms with Gasteiger partial charge >= 0.3 is 0 Å². The fourth-order valence-electron chi connectivity index (χ4n) is 3.09. The number of hydrogen-bond donors (Lipinski definition) is 1. The fraction of sp³-hybridized carbons (Fsp3) is 0.364. The van der Waals surface area contributed by atoms with Crippen molar-refractivity contribution in [3.63, 3.8) is 0 Å².